The van der Waals surface area contributed by atoms with E-state index in [-0.39, 0.29) is 13.2 Å². The minimum absolute atomic E-state index is 0.122. The molecular weight excluding hydrogens is 324 g/mol. The molecule has 0 spiro atoms. The SMILES string of the molecule is CCCOCCOCCOC1OC(CO)C(O)C(O)C1OC(C)=O. The average Bonchev–Trinajstić information content (AvgIpc) is 2.55. The Morgan fingerprint density at radius 2 is 1.67 bits per heavy atom. The van der Waals surface area contributed by atoms with Gasteiger partial charge in [0.2, 0.25) is 0 Å². The van der Waals surface area contributed by atoms with Crippen LogP contribution >= 0.6 is 0 Å². The molecule has 1 heterocycles. The summed E-state index contributed by atoms with van der Waals surface area (Å²) in [5.41, 5.74) is 0. The van der Waals surface area contributed by atoms with Gasteiger partial charge in [-0.2, -0.15) is 0 Å². The van der Waals surface area contributed by atoms with Crippen molar-refractivity contribution in [2.24, 2.45) is 0 Å². The second-order valence-electron chi connectivity index (χ2n) is 5.38. The summed E-state index contributed by atoms with van der Waals surface area (Å²) in [7, 11) is 0. The highest BCUT2D eigenvalue weighted by molar-refractivity contribution is 5.66. The zero-order valence-corrected chi connectivity index (χ0v) is 14.1. The monoisotopic (exact) mass is 352 g/mol. The number of esters is 1. The van der Waals surface area contributed by atoms with Gasteiger partial charge in [-0.25, -0.2) is 0 Å². The first-order chi connectivity index (χ1) is 11.5. The van der Waals surface area contributed by atoms with Gasteiger partial charge in [-0.05, 0) is 6.42 Å². The molecule has 9 nitrogen and oxygen atoms in total. The van der Waals surface area contributed by atoms with Crippen molar-refractivity contribution in [3.63, 3.8) is 0 Å². The molecule has 24 heavy (non-hydrogen) atoms. The topological polar surface area (TPSA) is 124 Å². The van der Waals surface area contributed by atoms with E-state index in [0.717, 1.165) is 6.42 Å². The van der Waals surface area contributed by atoms with Gasteiger partial charge in [0, 0.05) is 13.5 Å². The fourth-order valence-corrected chi connectivity index (χ4v) is 2.20. The van der Waals surface area contributed by atoms with Crippen molar-refractivity contribution in [1.29, 1.82) is 0 Å². The molecule has 1 saturated heterocycles. The molecule has 0 aromatic carbocycles. The van der Waals surface area contributed by atoms with E-state index in [4.69, 9.17) is 23.7 Å². The number of ether oxygens (including phenoxy) is 5. The number of aliphatic hydroxyl groups excluding tert-OH is 3. The maximum atomic E-state index is 11.1. The summed E-state index contributed by atoms with van der Waals surface area (Å²) < 4.78 is 26.3. The van der Waals surface area contributed by atoms with Gasteiger partial charge in [0.05, 0.1) is 33.0 Å². The van der Waals surface area contributed by atoms with Crippen LogP contribution < -0.4 is 0 Å². The Balaban J connectivity index is 2.39. The zero-order chi connectivity index (χ0) is 17.9. The first-order valence-corrected chi connectivity index (χ1v) is 8.08. The molecule has 1 aliphatic heterocycles. The summed E-state index contributed by atoms with van der Waals surface area (Å²) in [6.07, 6.45) is -5.18. The second-order valence-corrected chi connectivity index (χ2v) is 5.38. The number of rotatable bonds is 11. The summed E-state index contributed by atoms with van der Waals surface area (Å²) in [6, 6.07) is 0. The molecule has 5 atom stereocenters. The van der Waals surface area contributed by atoms with Crippen LogP contribution in [-0.2, 0) is 28.5 Å². The van der Waals surface area contributed by atoms with E-state index in [1.807, 2.05) is 6.92 Å². The van der Waals surface area contributed by atoms with Crippen molar-refractivity contribution in [3.05, 3.63) is 0 Å². The van der Waals surface area contributed by atoms with Gasteiger partial charge in [-0.1, -0.05) is 6.92 Å². The van der Waals surface area contributed by atoms with Crippen LogP contribution in [0, 0.1) is 0 Å². The van der Waals surface area contributed by atoms with Crippen LogP contribution in [-0.4, -0.2) is 91.6 Å². The quantitative estimate of drug-likeness (QED) is 0.311. The minimum Gasteiger partial charge on any atom is -0.454 e. The van der Waals surface area contributed by atoms with Crippen LogP contribution in [0.25, 0.3) is 0 Å². The lowest BCUT2D eigenvalue weighted by atomic mass is 9.99. The van der Waals surface area contributed by atoms with Crippen LogP contribution in [0.2, 0.25) is 0 Å². The van der Waals surface area contributed by atoms with Crippen LogP contribution in [0.3, 0.4) is 0 Å². The lowest BCUT2D eigenvalue weighted by Gasteiger charge is -2.41. The fourth-order valence-electron chi connectivity index (χ4n) is 2.20. The van der Waals surface area contributed by atoms with Crippen molar-refractivity contribution >= 4 is 5.97 Å². The Morgan fingerprint density at radius 3 is 2.25 bits per heavy atom. The highest BCUT2D eigenvalue weighted by Crippen LogP contribution is 2.24. The molecule has 1 rings (SSSR count). The van der Waals surface area contributed by atoms with Gasteiger partial charge in [0.15, 0.2) is 12.4 Å². The molecule has 0 aromatic heterocycles. The number of aliphatic hydroxyl groups is 3. The van der Waals surface area contributed by atoms with Crippen molar-refractivity contribution in [2.75, 3.05) is 39.6 Å². The van der Waals surface area contributed by atoms with Crippen LogP contribution in [0.4, 0.5) is 0 Å². The summed E-state index contributed by atoms with van der Waals surface area (Å²) in [5.74, 6) is -0.643. The fraction of sp³-hybridized carbons (Fsp3) is 0.933. The van der Waals surface area contributed by atoms with Gasteiger partial charge in [-0.3, -0.25) is 4.79 Å². The van der Waals surface area contributed by atoms with E-state index in [2.05, 4.69) is 0 Å². The van der Waals surface area contributed by atoms with Crippen molar-refractivity contribution < 1.29 is 43.8 Å². The lowest BCUT2D eigenvalue weighted by molar-refractivity contribution is -0.305. The van der Waals surface area contributed by atoms with Gasteiger partial charge < -0.3 is 39.0 Å². The number of hydrogen-bond acceptors (Lipinski definition) is 9. The van der Waals surface area contributed by atoms with Gasteiger partial charge in [-0.15, -0.1) is 0 Å². The summed E-state index contributed by atoms with van der Waals surface area (Å²) in [5, 5.41) is 29.0. The predicted molar refractivity (Wildman–Crippen MR) is 81.2 cm³/mol. The molecule has 0 aromatic rings. The molecular formula is C15H28O9. The molecule has 0 aliphatic carbocycles. The highest BCUT2D eigenvalue weighted by Gasteiger charge is 2.46. The van der Waals surface area contributed by atoms with Gasteiger partial charge >= 0.3 is 5.97 Å². The molecule has 1 fully saturated rings. The van der Waals surface area contributed by atoms with Crippen molar-refractivity contribution in [1.82, 2.24) is 0 Å². The second kappa shape index (κ2) is 11.7. The Morgan fingerprint density at radius 1 is 1.04 bits per heavy atom. The third kappa shape index (κ3) is 6.98. The Labute approximate surface area is 141 Å². The Kier molecular flexibility index (Phi) is 10.3. The molecule has 0 bridgehead atoms. The van der Waals surface area contributed by atoms with E-state index in [0.29, 0.717) is 19.8 Å². The van der Waals surface area contributed by atoms with E-state index < -0.39 is 43.3 Å². The van der Waals surface area contributed by atoms with Crippen LogP contribution in [0.15, 0.2) is 0 Å². The normalized spacial score (nSPS) is 30.3. The molecule has 9 heteroatoms. The molecule has 1 aliphatic rings. The van der Waals surface area contributed by atoms with Crippen LogP contribution in [0.5, 0.6) is 0 Å². The third-order valence-corrected chi connectivity index (χ3v) is 3.36. The molecule has 0 radical (unpaired) electrons. The highest BCUT2D eigenvalue weighted by atomic mass is 16.7. The van der Waals surface area contributed by atoms with E-state index >= 15 is 0 Å². The van der Waals surface area contributed by atoms with Crippen molar-refractivity contribution in [2.45, 2.75) is 51.0 Å². The number of carbonyl (C=O) groups excluding carboxylic acids is 1. The maximum absolute atomic E-state index is 11.1. The number of carbonyl (C=O) groups is 1. The summed E-state index contributed by atoms with van der Waals surface area (Å²) >= 11 is 0. The first kappa shape index (κ1) is 21.2. The zero-order valence-electron chi connectivity index (χ0n) is 14.1. The Bertz CT molecular complexity index is 352. The van der Waals surface area contributed by atoms with Crippen molar-refractivity contribution in [3.8, 4) is 0 Å². The maximum Gasteiger partial charge on any atom is 0.303 e. The standard InChI is InChI=1S/C15H28O9/c1-3-4-20-5-6-21-7-8-22-15-14(23-10(2)17)13(19)12(18)11(9-16)24-15/h11-16,18-19H,3-9H2,1-2H3. The lowest BCUT2D eigenvalue weighted by Crippen LogP contribution is -2.60. The molecule has 0 saturated carbocycles. The summed E-state index contributed by atoms with van der Waals surface area (Å²) in [6.45, 7) is 4.65. The van der Waals surface area contributed by atoms with Crippen LogP contribution in [0.1, 0.15) is 20.3 Å². The molecule has 142 valence electrons. The predicted octanol–water partition coefficient (Wildman–Crippen LogP) is -1.18. The van der Waals surface area contributed by atoms with E-state index in [1.54, 1.807) is 0 Å². The van der Waals surface area contributed by atoms with Gasteiger partial charge in [0.25, 0.3) is 0 Å². The molecule has 5 unspecified atom stereocenters. The van der Waals surface area contributed by atoms with Gasteiger partial charge in [0.1, 0.15) is 18.3 Å². The smallest absolute Gasteiger partial charge is 0.303 e. The molecule has 3 N–H and O–H groups in total. The number of hydrogen-bond donors (Lipinski definition) is 3. The van der Waals surface area contributed by atoms with E-state index in [9.17, 15) is 20.1 Å². The molecule has 0 amide bonds. The Hall–Kier alpha value is -0.810. The average molecular weight is 352 g/mol. The summed E-state index contributed by atoms with van der Waals surface area (Å²) in [4.78, 5) is 11.1. The first-order valence-electron chi connectivity index (χ1n) is 8.08. The minimum atomic E-state index is -1.42. The largest absolute Gasteiger partial charge is 0.454 e. The van der Waals surface area contributed by atoms with E-state index in [1.165, 1.54) is 6.92 Å². The third-order valence-electron chi connectivity index (χ3n) is 3.36.